The minimum absolute atomic E-state index is 0.00591. The van der Waals surface area contributed by atoms with Crippen molar-refractivity contribution in [3.63, 3.8) is 0 Å². The number of ether oxygens (including phenoxy) is 1. The first-order valence-electron chi connectivity index (χ1n) is 8.56. The molecule has 1 saturated heterocycles. The number of carbonyl (C=O) groups is 2. The normalized spacial score (nSPS) is 18.1. The fourth-order valence-corrected chi connectivity index (χ4v) is 3.08. The molecule has 0 unspecified atom stereocenters. The van der Waals surface area contributed by atoms with Crippen LogP contribution < -0.4 is 5.32 Å². The van der Waals surface area contributed by atoms with Gasteiger partial charge in [0.2, 0.25) is 0 Å². The molecule has 1 fully saturated rings. The molecule has 2 heterocycles. The van der Waals surface area contributed by atoms with Crippen LogP contribution in [0, 0.1) is 5.92 Å². The van der Waals surface area contributed by atoms with E-state index in [0.717, 1.165) is 6.42 Å². The standard InChI is InChI=1S/C18H18F3N3O4/c1-10(12-6-7-28-9-12)23-16(25)11-2-4-13(5-3-11)24-15(18(19,20)21)14(8-22-24)17(26)27/h2-5,8,10,12H,6-7,9H2,1H3,(H,23,25)(H,26,27)/t10-,12+/m1/s1. The molecule has 150 valence electrons. The smallest absolute Gasteiger partial charge is 0.434 e. The highest BCUT2D eigenvalue weighted by Crippen LogP contribution is 2.33. The summed E-state index contributed by atoms with van der Waals surface area (Å²) >= 11 is 0. The quantitative estimate of drug-likeness (QED) is 0.809. The summed E-state index contributed by atoms with van der Waals surface area (Å²) in [7, 11) is 0. The lowest BCUT2D eigenvalue weighted by Gasteiger charge is -2.19. The minimum atomic E-state index is -4.90. The lowest BCUT2D eigenvalue weighted by atomic mass is 10.0. The zero-order chi connectivity index (χ0) is 20.5. The summed E-state index contributed by atoms with van der Waals surface area (Å²) in [5.41, 5.74) is -2.06. The predicted molar refractivity (Wildman–Crippen MR) is 91.4 cm³/mol. The van der Waals surface area contributed by atoms with Gasteiger partial charge >= 0.3 is 12.1 Å². The SMILES string of the molecule is C[C@@H](NC(=O)c1ccc(-n2ncc(C(=O)O)c2C(F)(F)F)cc1)[C@H]1CCOC1. The minimum Gasteiger partial charge on any atom is -0.478 e. The monoisotopic (exact) mass is 397 g/mol. The third-order valence-electron chi connectivity index (χ3n) is 4.67. The van der Waals surface area contributed by atoms with Crippen LogP contribution in [0.4, 0.5) is 13.2 Å². The number of carboxylic acids is 1. The van der Waals surface area contributed by atoms with Gasteiger partial charge in [0.25, 0.3) is 5.91 Å². The molecule has 28 heavy (non-hydrogen) atoms. The number of carboxylic acid groups (broad SMARTS) is 1. The summed E-state index contributed by atoms with van der Waals surface area (Å²) in [6, 6.07) is 5.20. The van der Waals surface area contributed by atoms with Crippen molar-refractivity contribution in [3.8, 4) is 5.69 Å². The number of hydrogen-bond acceptors (Lipinski definition) is 4. The van der Waals surface area contributed by atoms with Crippen LogP contribution in [0.3, 0.4) is 0 Å². The van der Waals surface area contributed by atoms with Gasteiger partial charge in [-0.15, -0.1) is 0 Å². The first-order valence-corrected chi connectivity index (χ1v) is 8.56. The molecule has 1 aromatic carbocycles. The molecule has 1 aliphatic rings. The van der Waals surface area contributed by atoms with E-state index in [1.807, 2.05) is 6.92 Å². The van der Waals surface area contributed by atoms with Gasteiger partial charge in [-0.3, -0.25) is 4.79 Å². The Labute approximate surface area is 158 Å². The number of nitrogens with one attached hydrogen (secondary N) is 1. The molecule has 1 aromatic heterocycles. The van der Waals surface area contributed by atoms with Crippen LogP contribution in [0.1, 0.15) is 39.8 Å². The summed E-state index contributed by atoms with van der Waals surface area (Å²) in [5.74, 6) is -1.86. The molecule has 1 amide bonds. The Morgan fingerprint density at radius 2 is 2.00 bits per heavy atom. The van der Waals surface area contributed by atoms with Crippen molar-refractivity contribution in [2.45, 2.75) is 25.6 Å². The number of nitrogens with zero attached hydrogens (tertiary/aromatic N) is 2. The molecule has 3 rings (SSSR count). The molecular weight excluding hydrogens is 379 g/mol. The second kappa shape index (κ2) is 7.63. The van der Waals surface area contributed by atoms with E-state index in [2.05, 4.69) is 10.4 Å². The average molecular weight is 397 g/mol. The van der Waals surface area contributed by atoms with Gasteiger partial charge in [-0.1, -0.05) is 0 Å². The van der Waals surface area contributed by atoms with E-state index in [0.29, 0.717) is 24.1 Å². The van der Waals surface area contributed by atoms with E-state index in [1.54, 1.807) is 0 Å². The van der Waals surface area contributed by atoms with E-state index in [-0.39, 0.29) is 29.1 Å². The van der Waals surface area contributed by atoms with Crippen LogP contribution >= 0.6 is 0 Å². The van der Waals surface area contributed by atoms with Crippen LogP contribution in [0.25, 0.3) is 5.69 Å². The second-order valence-corrected chi connectivity index (χ2v) is 6.55. The van der Waals surface area contributed by atoms with Gasteiger partial charge in [-0.2, -0.15) is 18.3 Å². The van der Waals surface area contributed by atoms with E-state index in [1.165, 1.54) is 24.3 Å². The fraction of sp³-hybridized carbons (Fsp3) is 0.389. The Bertz CT molecular complexity index is 871. The van der Waals surface area contributed by atoms with Gasteiger partial charge in [0.1, 0.15) is 5.56 Å². The molecule has 2 atom stereocenters. The van der Waals surface area contributed by atoms with Gasteiger partial charge in [-0.25, -0.2) is 9.48 Å². The first kappa shape index (κ1) is 19.9. The lowest BCUT2D eigenvalue weighted by molar-refractivity contribution is -0.143. The number of alkyl halides is 3. The summed E-state index contributed by atoms with van der Waals surface area (Å²) < 4.78 is 45.7. The van der Waals surface area contributed by atoms with Gasteiger partial charge in [-0.05, 0) is 37.6 Å². The van der Waals surface area contributed by atoms with Crippen molar-refractivity contribution in [1.82, 2.24) is 15.1 Å². The Morgan fingerprint density at radius 1 is 1.32 bits per heavy atom. The maximum atomic E-state index is 13.3. The van der Waals surface area contributed by atoms with Crippen molar-refractivity contribution in [3.05, 3.63) is 47.3 Å². The highest BCUT2D eigenvalue weighted by molar-refractivity contribution is 5.94. The van der Waals surface area contributed by atoms with Crippen molar-refractivity contribution < 1.29 is 32.6 Å². The number of amides is 1. The summed E-state index contributed by atoms with van der Waals surface area (Å²) in [6.07, 6.45) is -3.40. The predicted octanol–water partition coefficient (Wildman–Crippen LogP) is 2.74. The van der Waals surface area contributed by atoms with Gasteiger partial charge < -0.3 is 15.2 Å². The summed E-state index contributed by atoms with van der Waals surface area (Å²) in [5, 5.41) is 15.4. The second-order valence-electron chi connectivity index (χ2n) is 6.55. The fourth-order valence-electron chi connectivity index (χ4n) is 3.08. The maximum absolute atomic E-state index is 13.3. The van der Waals surface area contributed by atoms with E-state index < -0.39 is 23.4 Å². The third kappa shape index (κ3) is 4.01. The van der Waals surface area contributed by atoms with Gasteiger partial charge in [0, 0.05) is 24.1 Å². The topological polar surface area (TPSA) is 93.5 Å². The number of carbonyl (C=O) groups excluding carboxylic acids is 1. The van der Waals surface area contributed by atoms with Crippen LogP contribution in [-0.2, 0) is 10.9 Å². The van der Waals surface area contributed by atoms with Crippen LogP contribution in [0.15, 0.2) is 30.5 Å². The molecule has 7 nitrogen and oxygen atoms in total. The number of aromatic carboxylic acids is 1. The zero-order valence-corrected chi connectivity index (χ0v) is 14.9. The van der Waals surface area contributed by atoms with E-state index in [4.69, 9.17) is 9.84 Å². The van der Waals surface area contributed by atoms with Gasteiger partial charge in [0.05, 0.1) is 18.5 Å². The molecular formula is C18H18F3N3O4. The average Bonchev–Trinajstić information content (AvgIpc) is 3.31. The molecule has 0 radical (unpaired) electrons. The molecule has 0 aliphatic carbocycles. The Kier molecular flexibility index (Phi) is 5.41. The van der Waals surface area contributed by atoms with Crippen LogP contribution in [0.5, 0.6) is 0 Å². The summed E-state index contributed by atoms with van der Waals surface area (Å²) in [4.78, 5) is 23.4. The first-order chi connectivity index (χ1) is 13.2. The molecule has 2 aromatic rings. The zero-order valence-electron chi connectivity index (χ0n) is 14.9. The Balaban J connectivity index is 1.81. The molecule has 0 saturated carbocycles. The Morgan fingerprint density at radius 3 is 2.54 bits per heavy atom. The third-order valence-corrected chi connectivity index (χ3v) is 4.67. The number of aromatic nitrogens is 2. The van der Waals surface area contributed by atoms with Crippen molar-refractivity contribution in [2.75, 3.05) is 13.2 Å². The van der Waals surface area contributed by atoms with Gasteiger partial charge in [0.15, 0.2) is 5.69 Å². The molecule has 0 bridgehead atoms. The van der Waals surface area contributed by atoms with Crippen molar-refractivity contribution >= 4 is 11.9 Å². The Hall–Kier alpha value is -2.88. The highest BCUT2D eigenvalue weighted by atomic mass is 19.4. The maximum Gasteiger partial charge on any atom is 0.434 e. The van der Waals surface area contributed by atoms with Crippen LogP contribution in [0.2, 0.25) is 0 Å². The molecule has 0 spiro atoms. The highest BCUT2D eigenvalue weighted by Gasteiger charge is 2.40. The van der Waals surface area contributed by atoms with E-state index in [9.17, 15) is 22.8 Å². The lowest BCUT2D eigenvalue weighted by Crippen LogP contribution is -2.38. The number of hydrogen-bond donors (Lipinski definition) is 2. The summed E-state index contributed by atoms with van der Waals surface area (Å²) in [6.45, 7) is 3.10. The molecule has 10 heteroatoms. The van der Waals surface area contributed by atoms with Crippen molar-refractivity contribution in [2.24, 2.45) is 5.92 Å². The van der Waals surface area contributed by atoms with Crippen molar-refractivity contribution in [1.29, 1.82) is 0 Å². The largest absolute Gasteiger partial charge is 0.478 e. The van der Waals surface area contributed by atoms with Crippen LogP contribution in [-0.4, -0.2) is 46.0 Å². The number of benzene rings is 1. The van der Waals surface area contributed by atoms with E-state index >= 15 is 0 Å². The number of halogens is 3. The molecule has 1 aliphatic heterocycles. The number of rotatable bonds is 5. The molecule has 2 N–H and O–H groups in total.